The number of likely N-dealkylation sites (tertiary alicyclic amines) is 1. The van der Waals surface area contributed by atoms with Crippen LogP contribution in [-0.2, 0) is 18.4 Å². The summed E-state index contributed by atoms with van der Waals surface area (Å²) in [7, 11) is 1.73. The molecule has 2 aromatic heterocycles. The minimum atomic E-state index is -0.260. The van der Waals surface area contributed by atoms with Crippen LogP contribution in [0, 0.1) is 0 Å². The SMILES string of the molecule is Cn1ncc2c(=O)n(CC(=O)NC(CN3CCCC3)c3ccccc3)cnc21. The van der Waals surface area contributed by atoms with Gasteiger partial charge in [0.25, 0.3) is 5.56 Å². The summed E-state index contributed by atoms with van der Waals surface area (Å²) in [4.78, 5) is 31.9. The molecule has 1 aliphatic heterocycles. The van der Waals surface area contributed by atoms with Gasteiger partial charge in [-0.15, -0.1) is 0 Å². The third-order valence-electron chi connectivity index (χ3n) is 5.21. The van der Waals surface area contributed by atoms with Crippen LogP contribution in [0.15, 0.2) is 47.7 Å². The molecule has 1 aromatic carbocycles. The fourth-order valence-corrected chi connectivity index (χ4v) is 3.72. The average Bonchev–Trinajstić information content (AvgIpc) is 3.34. The van der Waals surface area contributed by atoms with Crippen LogP contribution in [0.2, 0.25) is 0 Å². The summed E-state index contributed by atoms with van der Waals surface area (Å²) < 4.78 is 2.87. The second kappa shape index (κ2) is 7.93. The van der Waals surface area contributed by atoms with Gasteiger partial charge in [-0.1, -0.05) is 30.3 Å². The van der Waals surface area contributed by atoms with Crippen LogP contribution in [0.3, 0.4) is 0 Å². The Balaban J connectivity index is 1.51. The van der Waals surface area contributed by atoms with Crippen molar-refractivity contribution in [2.75, 3.05) is 19.6 Å². The maximum absolute atomic E-state index is 12.7. The van der Waals surface area contributed by atoms with Gasteiger partial charge in [-0.05, 0) is 31.5 Å². The minimum Gasteiger partial charge on any atom is -0.346 e. The predicted octanol–water partition coefficient (Wildman–Crippen LogP) is 1.08. The monoisotopic (exact) mass is 380 g/mol. The molecule has 0 saturated carbocycles. The molecule has 1 N–H and O–H groups in total. The van der Waals surface area contributed by atoms with Gasteiger partial charge in [0.2, 0.25) is 5.91 Å². The molecule has 0 aliphatic carbocycles. The quantitative estimate of drug-likeness (QED) is 0.692. The molecule has 28 heavy (non-hydrogen) atoms. The normalized spacial score (nSPS) is 15.8. The zero-order valence-electron chi connectivity index (χ0n) is 15.9. The van der Waals surface area contributed by atoms with Crippen molar-refractivity contribution in [2.24, 2.45) is 7.05 Å². The van der Waals surface area contributed by atoms with E-state index in [1.807, 2.05) is 30.3 Å². The Bertz CT molecular complexity index is 1020. The van der Waals surface area contributed by atoms with E-state index in [0.717, 1.165) is 25.2 Å². The maximum atomic E-state index is 12.7. The predicted molar refractivity (Wildman–Crippen MR) is 106 cm³/mol. The number of rotatable bonds is 6. The van der Waals surface area contributed by atoms with Crippen molar-refractivity contribution in [1.82, 2.24) is 29.5 Å². The lowest BCUT2D eigenvalue weighted by molar-refractivity contribution is -0.122. The van der Waals surface area contributed by atoms with E-state index >= 15 is 0 Å². The second-order valence-electron chi connectivity index (χ2n) is 7.22. The first-order valence-corrected chi connectivity index (χ1v) is 9.55. The summed E-state index contributed by atoms with van der Waals surface area (Å²) in [5, 5.41) is 7.57. The zero-order chi connectivity index (χ0) is 19.5. The number of benzene rings is 1. The molecule has 1 aliphatic rings. The molecule has 3 heterocycles. The zero-order valence-corrected chi connectivity index (χ0v) is 15.9. The maximum Gasteiger partial charge on any atom is 0.264 e. The van der Waals surface area contributed by atoms with Gasteiger partial charge in [-0.3, -0.25) is 18.8 Å². The molecule has 0 spiro atoms. The van der Waals surface area contributed by atoms with E-state index in [2.05, 4.69) is 20.3 Å². The number of carbonyl (C=O) groups is 1. The van der Waals surface area contributed by atoms with Crippen molar-refractivity contribution in [2.45, 2.75) is 25.4 Å². The van der Waals surface area contributed by atoms with Gasteiger partial charge < -0.3 is 10.2 Å². The average molecular weight is 380 g/mol. The topological polar surface area (TPSA) is 85.0 Å². The molecule has 1 atom stereocenters. The molecule has 146 valence electrons. The Morgan fingerprint density at radius 3 is 2.71 bits per heavy atom. The lowest BCUT2D eigenvalue weighted by Crippen LogP contribution is -2.39. The summed E-state index contributed by atoms with van der Waals surface area (Å²) in [6.45, 7) is 2.81. The van der Waals surface area contributed by atoms with Crippen molar-refractivity contribution in [3.05, 3.63) is 58.8 Å². The first-order valence-electron chi connectivity index (χ1n) is 9.55. The van der Waals surface area contributed by atoms with Crippen molar-refractivity contribution in [1.29, 1.82) is 0 Å². The lowest BCUT2D eigenvalue weighted by atomic mass is 10.1. The number of aryl methyl sites for hydroxylation is 1. The van der Waals surface area contributed by atoms with E-state index in [4.69, 9.17) is 0 Å². The molecule has 1 saturated heterocycles. The summed E-state index contributed by atoms with van der Waals surface area (Å²) in [5.41, 5.74) is 1.32. The minimum absolute atomic E-state index is 0.0694. The largest absolute Gasteiger partial charge is 0.346 e. The number of aromatic nitrogens is 4. The van der Waals surface area contributed by atoms with Gasteiger partial charge in [0.05, 0.1) is 12.2 Å². The highest BCUT2D eigenvalue weighted by Gasteiger charge is 2.21. The second-order valence-corrected chi connectivity index (χ2v) is 7.22. The van der Waals surface area contributed by atoms with Crippen LogP contribution in [0.25, 0.3) is 11.0 Å². The molecule has 8 nitrogen and oxygen atoms in total. The third-order valence-corrected chi connectivity index (χ3v) is 5.21. The molecule has 3 aromatic rings. The molecular weight excluding hydrogens is 356 g/mol. The van der Waals surface area contributed by atoms with Gasteiger partial charge in [-0.25, -0.2) is 4.98 Å². The van der Waals surface area contributed by atoms with Gasteiger partial charge in [0, 0.05) is 13.6 Å². The van der Waals surface area contributed by atoms with Crippen LogP contribution in [0.1, 0.15) is 24.4 Å². The highest BCUT2D eigenvalue weighted by molar-refractivity contribution is 5.77. The number of nitrogens with zero attached hydrogens (tertiary/aromatic N) is 5. The Kier molecular flexibility index (Phi) is 5.21. The van der Waals surface area contributed by atoms with Crippen LogP contribution in [0.4, 0.5) is 0 Å². The number of carbonyl (C=O) groups excluding carboxylic acids is 1. The standard InChI is InChI=1S/C20H24N6O2/c1-24-19-16(11-22-24)20(28)26(14-21-19)13-18(27)23-17(12-25-9-5-6-10-25)15-7-3-2-4-8-15/h2-4,7-8,11,14,17H,5-6,9-10,12-13H2,1H3,(H,23,27). The van der Waals surface area contributed by atoms with Crippen molar-refractivity contribution in [3.63, 3.8) is 0 Å². The third kappa shape index (κ3) is 3.82. The van der Waals surface area contributed by atoms with Crippen molar-refractivity contribution >= 4 is 16.9 Å². The smallest absolute Gasteiger partial charge is 0.264 e. The molecule has 0 radical (unpaired) electrons. The Morgan fingerprint density at radius 2 is 1.96 bits per heavy atom. The van der Waals surface area contributed by atoms with E-state index in [-0.39, 0.29) is 24.1 Å². The summed E-state index contributed by atoms with van der Waals surface area (Å²) in [5.74, 6) is -0.208. The summed E-state index contributed by atoms with van der Waals surface area (Å²) in [6.07, 6.45) is 5.28. The number of fused-ring (bicyclic) bond motifs is 1. The Morgan fingerprint density at radius 1 is 1.21 bits per heavy atom. The molecule has 1 fully saturated rings. The first kappa shape index (κ1) is 18.4. The molecule has 1 amide bonds. The van der Waals surface area contributed by atoms with Gasteiger partial charge in [0.15, 0.2) is 5.65 Å². The van der Waals surface area contributed by atoms with E-state index in [1.54, 1.807) is 11.7 Å². The molecule has 8 heteroatoms. The van der Waals surface area contributed by atoms with E-state index in [0.29, 0.717) is 11.0 Å². The van der Waals surface area contributed by atoms with Crippen LogP contribution < -0.4 is 10.9 Å². The molecule has 1 unspecified atom stereocenters. The Hall–Kier alpha value is -3.00. The van der Waals surface area contributed by atoms with Crippen LogP contribution in [-0.4, -0.2) is 49.8 Å². The molecular formula is C20H24N6O2. The Labute approximate surface area is 162 Å². The van der Waals surface area contributed by atoms with Gasteiger partial charge in [-0.2, -0.15) is 5.10 Å². The van der Waals surface area contributed by atoms with Crippen molar-refractivity contribution < 1.29 is 4.79 Å². The first-order chi connectivity index (χ1) is 13.6. The number of hydrogen-bond donors (Lipinski definition) is 1. The fraction of sp³-hybridized carbons (Fsp3) is 0.400. The molecule has 0 bridgehead atoms. The van der Waals surface area contributed by atoms with Crippen LogP contribution >= 0.6 is 0 Å². The number of hydrogen-bond acceptors (Lipinski definition) is 5. The fourth-order valence-electron chi connectivity index (χ4n) is 3.72. The van der Waals surface area contributed by atoms with E-state index < -0.39 is 0 Å². The van der Waals surface area contributed by atoms with Gasteiger partial charge >= 0.3 is 0 Å². The summed E-state index contributed by atoms with van der Waals surface area (Å²) in [6, 6.07) is 9.85. The van der Waals surface area contributed by atoms with E-state index in [1.165, 1.54) is 29.9 Å². The van der Waals surface area contributed by atoms with Crippen LogP contribution in [0.5, 0.6) is 0 Å². The number of amides is 1. The van der Waals surface area contributed by atoms with Gasteiger partial charge in [0.1, 0.15) is 18.3 Å². The summed E-state index contributed by atoms with van der Waals surface area (Å²) >= 11 is 0. The lowest BCUT2D eigenvalue weighted by Gasteiger charge is -2.25. The number of nitrogens with one attached hydrogen (secondary N) is 1. The van der Waals surface area contributed by atoms with Crippen molar-refractivity contribution in [3.8, 4) is 0 Å². The highest BCUT2D eigenvalue weighted by atomic mass is 16.2. The molecule has 4 rings (SSSR count). The highest BCUT2D eigenvalue weighted by Crippen LogP contribution is 2.17. The van der Waals surface area contributed by atoms with E-state index in [9.17, 15) is 9.59 Å².